The zero-order valence-electron chi connectivity index (χ0n) is 17.4. The Balaban J connectivity index is 1.92. The lowest BCUT2D eigenvalue weighted by molar-refractivity contribution is -0.129. The molecule has 0 heterocycles. The number of nitrogens with one attached hydrogen (secondary N) is 2. The number of ether oxygens (including phenoxy) is 3. The lowest BCUT2D eigenvalue weighted by Crippen LogP contribution is -2.46. The molecule has 8 heteroatoms. The molecule has 0 aliphatic rings. The van der Waals surface area contributed by atoms with Crippen molar-refractivity contribution in [1.82, 2.24) is 10.9 Å². The van der Waals surface area contributed by atoms with E-state index >= 15 is 0 Å². The minimum absolute atomic E-state index is 0.205. The summed E-state index contributed by atoms with van der Waals surface area (Å²) in [5, 5.41) is 0. The smallest absolute Gasteiger partial charge is 0.339 e. The Hall–Kier alpha value is -3.55. The van der Waals surface area contributed by atoms with Gasteiger partial charge in [-0.2, -0.15) is 0 Å². The first kappa shape index (κ1) is 22.7. The molecule has 0 spiro atoms. The van der Waals surface area contributed by atoms with Crippen molar-refractivity contribution in [2.45, 2.75) is 26.9 Å². The minimum Gasteiger partial charge on any atom is -0.493 e. The third-order valence-electron chi connectivity index (χ3n) is 3.96. The first-order chi connectivity index (χ1) is 14.3. The van der Waals surface area contributed by atoms with Gasteiger partial charge < -0.3 is 14.2 Å². The van der Waals surface area contributed by atoms with Crippen molar-refractivity contribution in [3.8, 4) is 11.5 Å². The Kier molecular flexibility index (Phi) is 8.22. The molecule has 160 valence electrons. The minimum atomic E-state index is -1.13. The predicted octanol–water partition coefficient (Wildman–Crippen LogP) is 2.74. The maximum atomic E-state index is 12.4. The number of amides is 2. The monoisotopic (exact) mass is 414 g/mol. The summed E-state index contributed by atoms with van der Waals surface area (Å²) in [4.78, 5) is 36.5. The Bertz CT molecular complexity index is 882. The molecule has 30 heavy (non-hydrogen) atoms. The highest BCUT2D eigenvalue weighted by atomic mass is 16.5. The van der Waals surface area contributed by atoms with E-state index in [0.717, 1.165) is 0 Å². The Morgan fingerprint density at radius 2 is 1.60 bits per heavy atom. The van der Waals surface area contributed by atoms with Crippen LogP contribution in [0.2, 0.25) is 0 Å². The molecule has 0 unspecified atom stereocenters. The average molecular weight is 414 g/mol. The Morgan fingerprint density at radius 3 is 2.23 bits per heavy atom. The van der Waals surface area contributed by atoms with Gasteiger partial charge in [0.05, 0.1) is 19.3 Å². The highest BCUT2D eigenvalue weighted by molar-refractivity contribution is 5.96. The summed E-state index contributed by atoms with van der Waals surface area (Å²) in [6.45, 7) is 5.95. The fourth-order valence-electron chi connectivity index (χ4n) is 2.33. The van der Waals surface area contributed by atoms with Gasteiger partial charge in [0.2, 0.25) is 0 Å². The van der Waals surface area contributed by atoms with E-state index in [1.54, 1.807) is 36.4 Å². The van der Waals surface area contributed by atoms with E-state index in [-0.39, 0.29) is 5.56 Å². The van der Waals surface area contributed by atoms with Crippen LogP contribution in [0.1, 0.15) is 41.5 Å². The number of hydrogen-bond acceptors (Lipinski definition) is 6. The number of benzene rings is 2. The SMILES string of the molecule is COc1cc(C(=O)O[C@H](C)C(=O)NNC(=O)c2ccccc2)ccc1OCC(C)C. The number of hydrogen-bond donors (Lipinski definition) is 2. The molecule has 0 aromatic heterocycles. The number of hydrazine groups is 1. The number of methoxy groups -OCH3 is 1. The molecular weight excluding hydrogens is 388 g/mol. The van der Waals surface area contributed by atoms with E-state index < -0.39 is 23.9 Å². The van der Waals surface area contributed by atoms with Crippen LogP contribution in [0.3, 0.4) is 0 Å². The number of carbonyl (C=O) groups excluding carboxylic acids is 3. The zero-order valence-corrected chi connectivity index (χ0v) is 17.4. The van der Waals surface area contributed by atoms with Crippen molar-refractivity contribution in [3.63, 3.8) is 0 Å². The molecule has 0 radical (unpaired) electrons. The van der Waals surface area contributed by atoms with E-state index in [2.05, 4.69) is 10.9 Å². The lowest BCUT2D eigenvalue weighted by atomic mass is 10.2. The molecule has 0 aliphatic heterocycles. The van der Waals surface area contributed by atoms with E-state index in [1.807, 2.05) is 13.8 Å². The van der Waals surface area contributed by atoms with Crippen LogP contribution in [0.15, 0.2) is 48.5 Å². The van der Waals surface area contributed by atoms with Gasteiger partial charge in [0, 0.05) is 5.56 Å². The van der Waals surface area contributed by atoms with E-state index in [0.29, 0.717) is 29.6 Å². The predicted molar refractivity (Wildman–Crippen MR) is 110 cm³/mol. The van der Waals surface area contributed by atoms with Gasteiger partial charge in [-0.05, 0) is 43.2 Å². The topological polar surface area (TPSA) is 103 Å². The quantitative estimate of drug-likeness (QED) is 0.509. The second kappa shape index (κ2) is 10.8. The molecular formula is C22H26N2O6. The van der Waals surface area contributed by atoms with Crippen molar-refractivity contribution >= 4 is 17.8 Å². The summed E-state index contributed by atoms with van der Waals surface area (Å²) in [7, 11) is 1.47. The van der Waals surface area contributed by atoms with Crippen molar-refractivity contribution in [3.05, 3.63) is 59.7 Å². The standard InChI is InChI=1S/C22H26N2O6/c1-14(2)13-29-18-11-10-17(12-19(18)28-4)22(27)30-15(3)20(25)23-24-21(26)16-8-6-5-7-9-16/h5-12,14-15H,13H2,1-4H3,(H,23,25)(H,24,26)/t15-/m1/s1. The molecule has 2 amide bonds. The molecule has 0 fully saturated rings. The van der Waals surface area contributed by atoms with Gasteiger partial charge in [0.25, 0.3) is 11.8 Å². The highest BCUT2D eigenvalue weighted by Gasteiger charge is 2.21. The van der Waals surface area contributed by atoms with Crippen LogP contribution in [0.4, 0.5) is 0 Å². The van der Waals surface area contributed by atoms with Gasteiger partial charge in [0.1, 0.15) is 0 Å². The fraction of sp³-hybridized carbons (Fsp3) is 0.318. The van der Waals surface area contributed by atoms with Gasteiger partial charge in [0.15, 0.2) is 17.6 Å². The molecule has 2 aromatic rings. The number of esters is 1. The normalized spacial score (nSPS) is 11.4. The summed E-state index contributed by atoms with van der Waals surface area (Å²) < 4.78 is 16.1. The second-order valence-corrected chi connectivity index (χ2v) is 6.93. The van der Waals surface area contributed by atoms with Crippen LogP contribution in [0, 0.1) is 5.92 Å². The summed E-state index contributed by atoms with van der Waals surface area (Å²) >= 11 is 0. The summed E-state index contributed by atoms with van der Waals surface area (Å²) in [5.74, 6) is -0.628. The zero-order chi connectivity index (χ0) is 22.1. The first-order valence-corrected chi connectivity index (χ1v) is 9.49. The van der Waals surface area contributed by atoms with Gasteiger partial charge in [-0.1, -0.05) is 32.0 Å². The van der Waals surface area contributed by atoms with Crippen molar-refractivity contribution in [2.24, 2.45) is 5.92 Å². The molecule has 0 saturated heterocycles. The summed E-state index contributed by atoms with van der Waals surface area (Å²) in [6, 6.07) is 13.0. The molecule has 0 saturated carbocycles. The highest BCUT2D eigenvalue weighted by Crippen LogP contribution is 2.28. The lowest BCUT2D eigenvalue weighted by Gasteiger charge is -2.16. The third kappa shape index (κ3) is 6.51. The van der Waals surface area contributed by atoms with Gasteiger partial charge in [-0.15, -0.1) is 0 Å². The molecule has 2 aromatic carbocycles. The summed E-state index contributed by atoms with van der Waals surface area (Å²) in [6.07, 6.45) is -1.13. The average Bonchev–Trinajstić information content (AvgIpc) is 2.75. The van der Waals surface area contributed by atoms with Crippen LogP contribution in [0.25, 0.3) is 0 Å². The van der Waals surface area contributed by atoms with Crippen molar-refractivity contribution in [1.29, 1.82) is 0 Å². The van der Waals surface area contributed by atoms with Crippen LogP contribution >= 0.6 is 0 Å². The van der Waals surface area contributed by atoms with E-state index in [9.17, 15) is 14.4 Å². The number of carbonyl (C=O) groups is 3. The molecule has 0 aliphatic carbocycles. The van der Waals surface area contributed by atoms with Gasteiger partial charge in [-0.3, -0.25) is 20.4 Å². The first-order valence-electron chi connectivity index (χ1n) is 9.49. The molecule has 0 bridgehead atoms. The molecule has 2 rings (SSSR count). The fourth-order valence-corrected chi connectivity index (χ4v) is 2.33. The molecule has 2 N–H and O–H groups in total. The van der Waals surface area contributed by atoms with E-state index in [4.69, 9.17) is 14.2 Å². The summed E-state index contributed by atoms with van der Waals surface area (Å²) in [5.41, 5.74) is 5.10. The molecule has 1 atom stereocenters. The Morgan fingerprint density at radius 1 is 0.900 bits per heavy atom. The van der Waals surface area contributed by atoms with Crippen LogP contribution in [0.5, 0.6) is 11.5 Å². The van der Waals surface area contributed by atoms with Crippen molar-refractivity contribution in [2.75, 3.05) is 13.7 Å². The van der Waals surface area contributed by atoms with Crippen LogP contribution in [-0.2, 0) is 9.53 Å². The van der Waals surface area contributed by atoms with Gasteiger partial charge in [-0.25, -0.2) is 4.79 Å². The number of rotatable bonds is 8. The maximum absolute atomic E-state index is 12.4. The second-order valence-electron chi connectivity index (χ2n) is 6.93. The maximum Gasteiger partial charge on any atom is 0.339 e. The van der Waals surface area contributed by atoms with Crippen molar-refractivity contribution < 1.29 is 28.6 Å². The van der Waals surface area contributed by atoms with Gasteiger partial charge >= 0.3 is 5.97 Å². The third-order valence-corrected chi connectivity index (χ3v) is 3.96. The van der Waals surface area contributed by atoms with Crippen LogP contribution in [-0.4, -0.2) is 37.6 Å². The van der Waals surface area contributed by atoms with E-state index in [1.165, 1.54) is 26.2 Å². The molecule has 8 nitrogen and oxygen atoms in total. The largest absolute Gasteiger partial charge is 0.493 e. The Labute approximate surface area is 175 Å². The van der Waals surface area contributed by atoms with Crippen LogP contribution < -0.4 is 20.3 Å².